The molecule has 0 unspecified atom stereocenters. The quantitative estimate of drug-likeness (QED) is 0.749. The van der Waals surface area contributed by atoms with Gasteiger partial charge < -0.3 is 9.67 Å². The Morgan fingerprint density at radius 1 is 1.14 bits per heavy atom. The average Bonchev–Trinajstić information content (AvgIpc) is 3.16. The number of aromatic hydroxyl groups is 1. The Hall–Kier alpha value is -3.67. The number of nitrogens with zero attached hydrogens (tertiary/aromatic N) is 3. The monoisotopic (exact) mass is 387 g/mol. The second-order valence-corrected chi connectivity index (χ2v) is 7.06. The van der Waals surface area contributed by atoms with E-state index in [1.165, 1.54) is 16.5 Å². The Bertz CT molecular complexity index is 1210. The van der Waals surface area contributed by atoms with Crippen molar-refractivity contribution < 1.29 is 9.90 Å². The highest BCUT2D eigenvalue weighted by atomic mass is 16.3. The fourth-order valence-corrected chi connectivity index (χ4v) is 3.66. The fraction of sp³-hybridized carbons (Fsp3) is 0.174. The largest absolute Gasteiger partial charge is 0.506 e. The van der Waals surface area contributed by atoms with E-state index in [1.807, 2.05) is 48.6 Å². The van der Waals surface area contributed by atoms with E-state index >= 15 is 0 Å². The molecule has 0 aliphatic carbocycles. The number of aromatic nitrogens is 1. The van der Waals surface area contributed by atoms with Gasteiger partial charge in [0.25, 0.3) is 5.56 Å². The number of amides is 1. The third kappa shape index (κ3) is 3.33. The highest BCUT2D eigenvalue weighted by molar-refractivity contribution is 6.08. The lowest BCUT2D eigenvalue weighted by molar-refractivity contribution is -0.129. The number of aryl methyl sites for hydroxylation is 1. The summed E-state index contributed by atoms with van der Waals surface area (Å²) in [5.74, 6) is -0.321. The summed E-state index contributed by atoms with van der Waals surface area (Å²) < 4.78 is 1.50. The molecule has 29 heavy (non-hydrogen) atoms. The zero-order valence-electron chi connectivity index (χ0n) is 16.2. The summed E-state index contributed by atoms with van der Waals surface area (Å²) in [6, 6.07) is 16.6. The first-order valence-corrected chi connectivity index (χ1v) is 9.39. The summed E-state index contributed by atoms with van der Waals surface area (Å²) in [4.78, 5) is 25.1. The van der Waals surface area contributed by atoms with Gasteiger partial charge in [-0.15, -0.1) is 0 Å². The molecule has 1 aliphatic heterocycles. The normalized spacial score (nSPS) is 16.6. The Labute approximate surface area is 168 Å². The van der Waals surface area contributed by atoms with E-state index in [4.69, 9.17) is 0 Å². The lowest BCUT2D eigenvalue weighted by atomic mass is 10.0. The molecule has 1 N–H and O–H groups in total. The third-order valence-corrected chi connectivity index (χ3v) is 5.14. The Morgan fingerprint density at radius 2 is 1.83 bits per heavy atom. The van der Waals surface area contributed by atoms with Gasteiger partial charge in [-0.2, -0.15) is 5.10 Å². The van der Waals surface area contributed by atoms with Crippen LogP contribution in [-0.2, 0) is 11.8 Å². The second kappa shape index (κ2) is 7.39. The predicted octanol–water partition coefficient (Wildman–Crippen LogP) is 3.28. The van der Waals surface area contributed by atoms with Crippen molar-refractivity contribution in [1.29, 1.82) is 0 Å². The van der Waals surface area contributed by atoms with Crippen molar-refractivity contribution in [3.8, 4) is 5.75 Å². The molecule has 0 spiro atoms. The van der Waals surface area contributed by atoms with Crippen LogP contribution >= 0.6 is 0 Å². The average molecular weight is 387 g/mol. The number of fused-ring (bicyclic) bond motifs is 1. The smallest absolute Gasteiger partial charge is 0.263 e. The minimum absolute atomic E-state index is 0.0985. The van der Waals surface area contributed by atoms with Crippen LogP contribution < -0.4 is 5.56 Å². The fourth-order valence-electron chi connectivity index (χ4n) is 3.66. The van der Waals surface area contributed by atoms with Gasteiger partial charge in [-0.05, 0) is 17.7 Å². The Kier molecular flexibility index (Phi) is 4.76. The molecule has 0 bridgehead atoms. The number of carbonyl (C=O) groups excluding carboxylic acids is 1. The van der Waals surface area contributed by atoms with E-state index in [2.05, 4.69) is 5.10 Å². The molecule has 1 aliphatic rings. The van der Waals surface area contributed by atoms with Crippen LogP contribution in [0.1, 0.15) is 24.5 Å². The summed E-state index contributed by atoms with van der Waals surface area (Å²) >= 11 is 0. The van der Waals surface area contributed by atoms with Gasteiger partial charge in [-0.1, -0.05) is 54.6 Å². The van der Waals surface area contributed by atoms with Crippen molar-refractivity contribution in [1.82, 2.24) is 9.58 Å². The van der Waals surface area contributed by atoms with Crippen LogP contribution in [0.4, 0.5) is 0 Å². The maximum Gasteiger partial charge on any atom is 0.263 e. The molecule has 1 aromatic heterocycles. The molecule has 6 nitrogen and oxygen atoms in total. The number of benzene rings is 2. The van der Waals surface area contributed by atoms with E-state index in [0.717, 1.165) is 5.56 Å². The van der Waals surface area contributed by atoms with Crippen molar-refractivity contribution in [3.63, 3.8) is 0 Å². The molecule has 6 heteroatoms. The van der Waals surface area contributed by atoms with E-state index in [9.17, 15) is 14.7 Å². The molecule has 0 radical (unpaired) electrons. The number of para-hydroxylation sites is 1. The van der Waals surface area contributed by atoms with E-state index in [-0.39, 0.29) is 28.8 Å². The number of pyridine rings is 1. The summed E-state index contributed by atoms with van der Waals surface area (Å²) in [6.45, 7) is 1.44. The molecular formula is C23H21N3O3. The van der Waals surface area contributed by atoms with Gasteiger partial charge in [0.15, 0.2) is 0 Å². The van der Waals surface area contributed by atoms with Gasteiger partial charge >= 0.3 is 0 Å². The minimum Gasteiger partial charge on any atom is -0.506 e. The van der Waals surface area contributed by atoms with E-state index in [1.54, 1.807) is 25.2 Å². The van der Waals surface area contributed by atoms with Gasteiger partial charge in [0.05, 0.1) is 17.3 Å². The standard InChI is InChI=1S/C23H21N3O3/c1-15(27)26-17(13-12-16-8-4-3-5-9-16)14-19(24-26)21-22(28)18-10-6-7-11-20(18)25(2)23(21)29/h3-13,17,28H,14H2,1-2H3/b13-12+/t17-/m0/s1. The predicted molar refractivity (Wildman–Crippen MR) is 114 cm³/mol. The summed E-state index contributed by atoms with van der Waals surface area (Å²) in [6.07, 6.45) is 4.18. The van der Waals surface area contributed by atoms with Gasteiger partial charge in [0.2, 0.25) is 5.91 Å². The molecule has 2 heterocycles. The van der Waals surface area contributed by atoms with Crippen molar-refractivity contribution >= 4 is 28.6 Å². The maximum atomic E-state index is 13.0. The van der Waals surface area contributed by atoms with Gasteiger partial charge in [-0.3, -0.25) is 9.59 Å². The molecule has 146 valence electrons. The molecule has 1 amide bonds. The van der Waals surface area contributed by atoms with E-state index in [0.29, 0.717) is 23.0 Å². The third-order valence-electron chi connectivity index (χ3n) is 5.14. The molecule has 0 saturated heterocycles. The van der Waals surface area contributed by atoms with Gasteiger partial charge in [0.1, 0.15) is 11.3 Å². The van der Waals surface area contributed by atoms with Crippen LogP contribution in [0.5, 0.6) is 5.75 Å². The summed E-state index contributed by atoms with van der Waals surface area (Å²) in [5.41, 5.74) is 1.87. The van der Waals surface area contributed by atoms with Crippen LogP contribution in [0.2, 0.25) is 0 Å². The number of rotatable bonds is 3. The molecule has 0 fully saturated rings. The van der Waals surface area contributed by atoms with Crippen LogP contribution in [0.3, 0.4) is 0 Å². The molecule has 0 saturated carbocycles. The SMILES string of the molecule is CC(=O)N1N=C(c2c(O)c3ccccc3n(C)c2=O)C[C@@H]1/C=C/c1ccccc1. The van der Waals surface area contributed by atoms with Gasteiger partial charge in [0, 0.05) is 25.8 Å². The summed E-state index contributed by atoms with van der Waals surface area (Å²) in [5, 5.41) is 17.2. The van der Waals surface area contributed by atoms with E-state index < -0.39 is 0 Å². The summed E-state index contributed by atoms with van der Waals surface area (Å²) in [7, 11) is 1.67. The maximum absolute atomic E-state index is 13.0. The highest BCUT2D eigenvalue weighted by Crippen LogP contribution is 2.30. The first-order chi connectivity index (χ1) is 14.0. The lowest BCUT2D eigenvalue weighted by Gasteiger charge is -2.16. The van der Waals surface area contributed by atoms with Crippen LogP contribution in [0, 0.1) is 0 Å². The Morgan fingerprint density at radius 3 is 2.55 bits per heavy atom. The topological polar surface area (TPSA) is 74.9 Å². The minimum atomic E-state index is -0.337. The first-order valence-electron chi connectivity index (χ1n) is 9.39. The van der Waals surface area contributed by atoms with Crippen molar-refractivity contribution in [2.24, 2.45) is 12.1 Å². The first kappa shape index (κ1) is 18.7. The number of hydrazone groups is 1. The van der Waals surface area contributed by atoms with Crippen LogP contribution in [0.15, 0.2) is 70.6 Å². The molecule has 2 aromatic carbocycles. The number of hydrogen-bond donors (Lipinski definition) is 1. The highest BCUT2D eigenvalue weighted by Gasteiger charge is 2.31. The molecular weight excluding hydrogens is 366 g/mol. The van der Waals surface area contributed by atoms with Crippen molar-refractivity contribution in [2.45, 2.75) is 19.4 Å². The number of carbonyl (C=O) groups is 1. The molecule has 1 atom stereocenters. The zero-order valence-corrected chi connectivity index (χ0v) is 16.2. The van der Waals surface area contributed by atoms with Crippen molar-refractivity contribution in [3.05, 3.63) is 82.2 Å². The van der Waals surface area contributed by atoms with Gasteiger partial charge in [-0.25, -0.2) is 5.01 Å². The van der Waals surface area contributed by atoms with Crippen LogP contribution in [-0.4, -0.2) is 32.3 Å². The molecule has 4 rings (SSSR count). The Balaban J connectivity index is 1.76. The zero-order chi connectivity index (χ0) is 20.5. The lowest BCUT2D eigenvalue weighted by Crippen LogP contribution is -2.29. The van der Waals surface area contributed by atoms with Crippen molar-refractivity contribution in [2.75, 3.05) is 0 Å². The molecule has 3 aromatic rings. The second-order valence-electron chi connectivity index (χ2n) is 7.06. The number of hydrogen-bond acceptors (Lipinski definition) is 4. The van der Waals surface area contributed by atoms with Crippen LogP contribution in [0.25, 0.3) is 17.0 Å².